The van der Waals surface area contributed by atoms with E-state index in [1.54, 1.807) is 31.3 Å². The Labute approximate surface area is 176 Å². The molecule has 6 heteroatoms. The summed E-state index contributed by atoms with van der Waals surface area (Å²) in [6.45, 7) is 1.19. The molecule has 0 bridgehead atoms. The second-order valence-corrected chi connectivity index (χ2v) is 6.84. The van der Waals surface area contributed by atoms with E-state index >= 15 is 0 Å². The SMILES string of the molecule is COc1ccc(CN(Cc2ccc(OC)cc2)C(=O)NCc2ccc(F)cc2)cc1. The normalized spacial score (nSPS) is 10.4. The van der Waals surface area contributed by atoms with Crippen molar-refractivity contribution < 1.29 is 18.7 Å². The minimum absolute atomic E-state index is 0.203. The average Bonchev–Trinajstić information content (AvgIpc) is 2.79. The molecule has 0 unspecified atom stereocenters. The van der Waals surface area contributed by atoms with Gasteiger partial charge in [-0.25, -0.2) is 9.18 Å². The zero-order valence-corrected chi connectivity index (χ0v) is 17.1. The third-order valence-corrected chi connectivity index (χ3v) is 4.71. The molecule has 1 N–H and O–H groups in total. The second kappa shape index (κ2) is 10.3. The number of rotatable bonds is 8. The fraction of sp³-hybridized carbons (Fsp3) is 0.208. The van der Waals surface area contributed by atoms with Gasteiger partial charge in [-0.1, -0.05) is 36.4 Å². The van der Waals surface area contributed by atoms with Crippen molar-refractivity contribution in [1.29, 1.82) is 0 Å². The van der Waals surface area contributed by atoms with Gasteiger partial charge in [-0.15, -0.1) is 0 Å². The molecule has 0 saturated heterocycles. The van der Waals surface area contributed by atoms with Crippen molar-refractivity contribution in [2.24, 2.45) is 0 Å². The average molecular weight is 408 g/mol. The maximum absolute atomic E-state index is 13.1. The number of carbonyl (C=O) groups is 1. The first-order valence-corrected chi connectivity index (χ1v) is 9.60. The molecule has 156 valence electrons. The van der Waals surface area contributed by atoms with Crippen LogP contribution in [0.25, 0.3) is 0 Å². The summed E-state index contributed by atoms with van der Waals surface area (Å²) in [5, 5.41) is 2.92. The van der Waals surface area contributed by atoms with Gasteiger partial charge in [0.05, 0.1) is 14.2 Å². The third kappa shape index (κ3) is 5.98. The molecule has 3 rings (SSSR count). The molecule has 0 aliphatic carbocycles. The summed E-state index contributed by atoms with van der Waals surface area (Å²) in [6.07, 6.45) is 0. The van der Waals surface area contributed by atoms with Crippen LogP contribution in [-0.4, -0.2) is 25.2 Å². The van der Waals surface area contributed by atoms with Crippen molar-refractivity contribution in [2.45, 2.75) is 19.6 Å². The van der Waals surface area contributed by atoms with Crippen LogP contribution in [0, 0.1) is 5.82 Å². The fourth-order valence-electron chi connectivity index (χ4n) is 2.99. The number of methoxy groups -OCH3 is 2. The lowest BCUT2D eigenvalue weighted by atomic mass is 10.1. The van der Waals surface area contributed by atoms with Crippen molar-refractivity contribution in [3.63, 3.8) is 0 Å². The highest BCUT2D eigenvalue weighted by Crippen LogP contribution is 2.17. The number of ether oxygens (including phenoxy) is 2. The highest BCUT2D eigenvalue weighted by atomic mass is 19.1. The molecule has 0 saturated carbocycles. The van der Waals surface area contributed by atoms with Crippen molar-refractivity contribution in [3.8, 4) is 11.5 Å². The van der Waals surface area contributed by atoms with Crippen LogP contribution >= 0.6 is 0 Å². The van der Waals surface area contributed by atoms with E-state index < -0.39 is 0 Å². The van der Waals surface area contributed by atoms with Crippen LogP contribution in [0.4, 0.5) is 9.18 Å². The van der Waals surface area contributed by atoms with E-state index in [1.165, 1.54) is 12.1 Å². The van der Waals surface area contributed by atoms with Crippen LogP contribution in [0.3, 0.4) is 0 Å². The lowest BCUT2D eigenvalue weighted by Gasteiger charge is -2.24. The van der Waals surface area contributed by atoms with Gasteiger partial charge in [-0.05, 0) is 53.1 Å². The van der Waals surface area contributed by atoms with Gasteiger partial charge in [0.15, 0.2) is 0 Å². The molecule has 0 heterocycles. The van der Waals surface area contributed by atoms with Crippen LogP contribution in [0.15, 0.2) is 72.8 Å². The smallest absolute Gasteiger partial charge is 0.318 e. The zero-order valence-electron chi connectivity index (χ0n) is 17.1. The molecular weight excluding hydrogens is 383 g/mol. The Morgan fingerprint density at radius 1 is 0.767 bits per heavy atom. The lowest BCUT2D eigenvalue weighted by Crippen LogP contribution is -2.38. The lowest BCUT2D eigenvalue weighted by molar-refractivity contribution is 0.192. The number of nitrogens with zero attached hydrogens (tertiary/aromatic N) is 1. The number of hydrogen-bond acceptors (Lipinski definition) is 3. The summed E-state index contributed by atoms with van der Waals surface area (Å²) in [7, 11) is 3.24. The standard InChI is InChI=1S/C24H25FN2O3/c1-29-22-11-5-19(6-12-22)16-27(17-20-7-13-23(30-2)14-8-20)24(28)26-15-18-3-9-21(25)10-4-18/h3-14H,15-17H2,1-2H3,(H,26,28). The van der Waals surface area contributed by atoms with Gasteiger partial charge in [0.25, 0.3) is 0 Å². The number of nitrogens with one attached hydrogen (secondary N) is 1. The van der Waals surface area contributed by atoms with Crippen LogP contribution in [-0.2, 0) is 19.6 Å². The van der Waals surface area contributed by atoms with Gasteiger partial charge >= 0.3 is 6.03 Å². The molecule has 5 nitrogen and oxygen atoms in total. The summed E-state index contributed by atoms with van der Waals surface area (Å²) >= 11 is 0. The minimum atomic E-state index is -0.300. The molecule has 0 aromatic heterocycles. The van der Waals surface area contributed by atoms with Gasteiger partial charge in [0.1, 0.15) is 17.3 Å². The third-order valence-electron chi connectivity index (χ3n) is 4.71. The number of halogens is 1. The van der Waals surface area contributed by atoms with Crippen LogP contribution in [0.1, 0.15) is 16.7 Å². The summed E-state index contributed by atoms with van der Waals surface area (Å²) in [5.74, 6) is 1.23. The first kappa shape index (κ1) is 21.2. The van der Waals surface area contributed by atoms with Crippen LogP contribution < -0.4 is 14.8 Å². The Kier molecular flexibility index (Phi) is 7.27. The first-order valence-electron chi connectivity index (χ1n) is 9.60. The van der Waals surface area contributed by atoms with E-state index in [0.29, 0.717) is 19.6 Å². The number of urea groups is 1. The van der Waals surface area contributed by atoms with E-state index in [0.717, 1.165) is 28.2 Å². The molecule has 2 amide bonds. The Morgan fingerprint density at radius 2 is 1.20 bits per heavy atom. The van der Waals surface area contributed by atoms with E-state index in [9.17, 15) is 9.18 Å². The number of carbonyl (C=O) groups excluding carboxylic acids is 1. The summed E-state index contributed by atoms with van der Waals surface area (Å²) in [6, 6.07) is 21.1. The molecule has 0 aliphatic heterocycles. The Hall–Kier alpha value is -3.54. The van der Waals surface area contributed by atoms with Crippen molar-refractivity contribution in [1.82, 2.24) is 10.2 Å². The predicted octanol–water partition coefficient (Wildman–Crippen LogP) is 4.75. The Balaban J connectivity index is 1.72. The highest BCUT2D eigenvalue weighted by Gasteiger charge is 2.15. The first-order chi connectivity index (χ1) is 14.6. The van der Waals surface area contributed by atoms with Crippen molar-refractivity contribution in [3.05, 3.63) is 95.3 Å². The number of benzene rings is 3. The van der Waals surface area contributed by atoms with Gasteiger partial charge in [-0.2, -0.15) is 0 Å². The Morgan fingerprint density at radius 3 is 1.63 bits per heavy atom. The maximum atomic E-state index is 13.1. The van der Waals surface area contributed by atoms with E-state index in [2.05, 4.69) is 5.32 Å². The van der Waals surface area contributed by atoms with Gasteiger partial charge in [0.2, 0.25) is 0 Å². The van der Waals surface area contributed by atoms with Gasteiger partial charge < -0.3 is 19.7 Å². The topological polar surface area (TPSA) is 50.8 Å². The molecule has 0 radical (unpaired) electrons. The minimum Gasteiger partial charge on any atom is -0.497 e. The largest absolute Gasteiger partial charge is 0.497 e. The summed E-state index contributed by atoms with van der Waals surface area (Å²) in [5.41, 5.74) is 2.81. The van der Waals surface area contributed by atoms with Gasteiger partial charge in [-0.3, -0.25) is 0 Å². The van der Waals surface area contributed by atoms with Crippen LogP contribution in [0.5, 0.6) is 11.5 Å². The van der Waals surface area contributed by atoms with E-state index in [1.807, 2.05) is 48.5 Å². The van der Waals surface area contributed by atoms with Crippen molar-refractivity contribution in [2.75, 3.05) is 14.2 Å². The quantitative estimate of drug-likeness (QED) is 0.585. The molecular formula is C24H25FN2O3. The number of amides is 2. The monoisotopic (exact) mass is 408 g/mol. The summed E-state index contributed by atoms with van der Waals surface area (Å²) < 4.78 is 23.5. The molecule has 0 fully saturated rings. The molecule has 0 aliphatic rings. The molecule has 3 aromatic carbocycles. The molecule has 0 atom stereocenters. The van der Waals surface area contributed by atoms with E-state index in [4.69, 9.17) is 9.47 Å². The molecule has 30 heavy (non-hydrogen) atoms. The van der Waals surface area contributed by atoms with Gasteiger partial charge in [0, 0.05) is 19.6 Å². The zero-order chi connectivity index (χ0) is 21.3. The summed E-state index contributed by atoms with van der Waals surface area (Å²) in [4.78, 5) is 14.7. The maximum Gasteiger partial charge on any atom is 0.318 e. The Bertz CT molecular complexity index is 892. The fourth-order valence-corrected chi connectivity index (χ4v) is 2.99. The van der Waals surface area contributed by atoms with Crippen molar-refractivity contribution >= 4 is 6.03 Å². The molecule has 0 spiro atoms. The second-order valence-electron chi connectivity index (χ2n) is 6.84. The highest BCUT2D eigenvalue weighted by molar-refractivity contribution is 5.74. The predicted molar refractivity (Wildman–Crippen MR) is 114 cm³/mol. The van der Waals surface area contributed by atoms with E-state index in [-0.39, 0.29) is 11.8 Å². The number of hydrogen-bond donors (Lipinski definition) is 1. The molecule has 3 aromatic rings. The van der Waals surface area contributed by atoms with Crippen LogP contribution in [0.2, 0.25) is 0 Å².